The fraction of sp³-hybridized carbons (Fsp3) is 0.571. The number of hydrogen-bond acceptors (Lipinski definition) is 3. The van der Waals surface area contributed by atoms with Crippen LogP contribution in [0, 0.1) is 0 Å². The highest BCUT2D eigenvalue weighted by molar-refractivity contribution is 7.89. The predicted octanol–water partition coefficient (Wildman–Crippen LogP) is 2.13. The molecule has 1 unspecified atom stereocenters. The lowest BCUT2D eigenvalue weighted by Crippen LogP contribution is -2.41. The fourth-order valence-corrected chi connectivity index (χ4v) is 4.24. The van der Waals surface area contributed by atoms with Gasteiger partial charge in [-0.1, -0.05) is 12.1 Å². The average molecular weight is 283 g/mol. The van der Waals surface area contributed by atoms with Gasteiger partial charge in [-0.05, 0) is 51.7 Å². The summed E-state index contributed by atoms with van der Waals surface area (Å²) in [5.41, 5.74) is 0.974. The summed E-state index contributed by atoms with van der Waals surface area (Å²) < 4.78 is 27.5. The van der Waals surface area contributed by atoms with Gasteiger partial charge in [0, 0.05) is 11.1 Å². The Kier molecular flexibility index (Phi) is 3.73. The highest BCUT2D eigenvalue weighted by atomic mass is 32.2. The number of aryl methyl sites for hydroxylation is 1. The lowest BCUT2D eigenvalue weighted by atomic mass is 9.89. The highest BCUT2D eigenvalue weighted by Crippen LogP contribution is 2.34. The predicted molar refractivity (Wildman–Crippen MR) is 74.4 cm³/mol. The van der Waals surface area contributed by atoms with Crippen molar-refractivity contribution in [1.29, 1.82) is 0 Å². The number of hydrogen-bond donors (Lipinski definition) is 2. The van der Waals surface area contributed by atoms with Crippen molar-refractivity contribution in [2.24, 2.45) is 0 Å². The number of benzene rings is 1. The second-order valence-electron chi connectivity index (χ2n) is 6.09. The maximum absolute atomic E-state index is 12.4. The standard InChI is InChI=1S/C14H21NO3S/c1-14(2,3)15-19(17,18)12-9-5-7-10-6-4-8-11(16)13(10)12/h5,7,9,11,15-16H,4,6,8H2,1-3H3. The molecule has 0 amide bonds. The molecule has 2 rings (SSSR count). The number of sulfonamides is 1. The number of aliphatic hydroxyl groups excluding tert-OH is 1. The Bertz CT molecular complexity index is 573. The molecule has 0 fully saturated rings. The van der Waals surface area contributed by atoms with E-state index in [1.807, 2.05) is 6.07 Å². The molecular formula is C14H21NO3S. The second-order valence-corrected chi connectivity index (χ2v) is 7.74. The van der Waals surface area contributed by atoms with Crippen LogP contribution >= 0.6 is 0 Å². The van der Waals surface area contributed by atoms with E-state index < -0.39 is 21.7 Å². The fourth-order valence-electron chi connectivity index (χ4n) is 2.51. The summed E-state index contributed by atoms with van der Waals surface area (Å²) in [6.07, 6.45) is 1.65. The Morgan fingerprint density at radius 3 is 2.63 bits per heavy atom. The number of fused-ring (bicyclic) bond motifs is 1. The van der Waals surface area contributed by atoms with E-state index in [0.717, 1.165) is 18.4 Å². The molecule has 0 aromatic heterocycles. The first-order chi connectivity index (χ1) is 8.71. The maximum Gasteiger partial charge on any atom is 0.241 e. The third kappa shape index (κ3) is 3.16. The van der Waals surface area contributed by atoms with Crippen molar-refractivity contribution in [2.45, 2.75) is 56.6 Å². The minimum atomic E-state index is -3.60. The Balaban J connectivity index is 2.52. The minimum Gasteiger partial charge on any atom is -0.388 e. The van der Waals surface area contributed by atoms with Gasteiger partial charge in [-0.2, -0.15) is 0 Å². The van der Waals surface area contributed by atoms with E-state index >= 15 is 0 Å². The van der Waals surface area contributed by atoms with E-state index in [-0.39, 0.29) is 4.90 Å². The Morgan fingerprint density at radius 2 is 2.00 bits per heavy atom. The largest absolute Gasteiger partial charge is 0.388 e. The van der Waals surface area contributed by atoms with Crippen LogP contribution in [0.4, 0.5) is 0 Å². The van der Waals surface area contributed by atoms with Crippen molar-refractivity contribution in [3.05, 3.63) is 29.3 Å². The van der Waals surface area contributed by atoms with Crippen molar-refractivity contribution in [3.8, 4) is 0 Å². The number of nitrogens with one attached hydrogen (secondary N) is 1. The molecule has 1 atom stereocenters. The molecule has 1 aliphatic rings. The lowest BCUT2D eigenvalue weighted by Gasteiger charge is -2.26. The Morgan fingerprint density at radius 1 is 1.32 bits per heavy atom. The Hall–Kier alpha value is -0.910. The van der Waals surface area contributed by atoms with E-state index in [1.54, 1.807) is 32.9 Å². The van der Waals surface area contributed by atoms with Crippen molar-refractivity contribution in [2.75, 3.05) is 0 Å². The van der Waals surface area contributed by atoms with E-state index in [1.165, 1.54) is 0 Å². The van der Waals surface area contributed by atoms with Crippen LogP contribution in [0.15, 0.2) is 23.1 Å². The molecule has 5 heteroatoms. The average Bonchev–Trinajstić information content (AvgIpc) is 2.25. The molecule has 1 aromatic rings. The van der Waals surface area contributed by atoms with Crippen molar-refractivity contribution < 1.29 is 13.5 Å². The molecule has 1 aliphatic carbocycles. The molecule has 2 N–H and O–H groups in total. The summed E-state index contributed by atoms with van der Waals surface area (Å²) in [5, 5.41) is 10.1. The van der Waals surface area contributed by atoms with Crippen molar-refractivity contribution in [1.82, 2.24) is 4.72 Å². The highest BCUT2D eigenvalue weighted by Gasteiger charge is 2.29. The molecule has 0 radical (unpaired) electrons. The molecule has 0 bridgehead atoms. The van der Waals surface area contributed by atoms with E-state index in [0.29, 0.717) is 12.0 Å². The van der Waals surface area contributed by atoms with Gasteiger partial charge in [-0.15, -0.1) is 0 Å². The second kappa shape index (κ2) is 4.89. The van der Waals surface area contributed by atoms with Gasteiger partial charge in [0.25, 0.3) is 0 Å². The molecule has 4 nitrogen and oxygen atoms in total. The summed E-state index contributed by atoms with van der Waals surface area (Å²) in [5.74, 6) is 0. The van der Waals surface area contributed by atoms with Crippen LogP contribution in [-0.2, 0) is 16.4 Å². The molecule has 0 saturated heterocycles. The first kappa shape index (κ1) is 14.5. The molecule has 0 heterocycles. The summed E-state index contributed by atoms with van der Waals surface area (Å²) in [6.45, 7) is 5.41. The van der Waals surface area contributed by atoms with Gasteiger partial charge >= 0.3 is 0 Å². The summed E-state index contributed by atoms with van der Waals surface area (Å²) in [4.78, 5) is 0.215. The summed E-state index contributed by atoms with van der Waals surface area (Å²) in [6, 6.07) is 5.21. The van der Waals surface area contributed by atoms with Gasteiger partial charge in [-0.3, -0.25) is 0 Å². The summed E-state index contributed by atoms with van der Waals surface area (Å²) >= 11 is 0. The molecule has 106 valence electrons. The molecule has 0 aliphatic heterocycles. The zero-order valence-corrected chi connectivity index (χ0v) is 12.4. The van der Waals surface area contributed by atoms with E-state index in [4.69, 9.17) is 0 Å². The third-order valence-electron chi connectivity index (χ3n) is 3.14. The normalized spacial score (nSPS) is 20.1. The summed E-state index contributed by atoms with van der Waals surface area (Å²) in [7, 11) is -3.60. The maximum atomic E-state index is 12.4. The van der Waals surface area contributed by atoms with Crippen LogP contribution in [0.3, 0.4) is 0 Å². The van der Waals surface area contributed by atoms with E-state index in [9.17, 15) is 13.5 Å². The van der Waals surface area contributed by atoms with Crippen LogP contribution < -0.4 is 4.72 Å². The number of rotatable bonds is 2. The zero-order chi connectivity index (χ0) is 14.3. The van der Waals surface area contributed by atoms with Gasteiger partial charge in [0.15, 0.2) is 0 Å². The SMILES string of the molecule is CC(C)(C)NS(=O)(=O)c1cccc2c1C(O)CCC2. The number of aliphatic hydroxyl groups is 1. The van der Waals surface area contributed by atoms with Gasteiger partial charge in [0.05, 0.1) is 11.0 Å². The quantitative estimate of drug-likeness (QED) is 0.874. The molecule has 0 spiro atoms. The Labute approximate surface area is 114 Å². The molecule has 1 aromatic carbocycles. The minimum absolute atomic E-state index is 0.215. The monoisotopic (exact) mass is 283 g/mol. The smallest absolute Gasteiger partial charge is 0.241 e. The van der Waals surface area contributed by atoms with Crippen molar-refractivity contribution in [3.63, 3.8) is 0 Å². The van der Waals surface area contributed by atoms with Crippen LogP contribution in [0.2, 0.25) is 0 Å². The van der Waals surface area contributed by atoms with Gasteiger partial charge in [0.1, 0.15) is 0 Å². The van der Waals surface area contributed by atoms with Gasteiger partial charge in [-0.25, -0.2) is 13.1 Å². The van der Waals surface area contributed by atoms with E-state index in [2.05, 4.69) is 4.72 Å². The first-order valence-electron chi connectivity index (χ1n) is 6.54. The van der Waals surface area contributed by atoms with Gasteiger partial charge < -0.3 is 5.11 Å². The first-order valence-corrected chi connectivity index (χ1v) is 8.03. The lowest BCUT2D eigenvalue weighted by molar-refractivity contribution is 0.153. The van der Waals surface area contributed by atoms with Gasteiger partial charge in [0.2, 0.25) is 10.0 Å². The van der Waals surface area contributed by atoms with Crippen LogP contribution in [0.5, 0.6) is 0 Å². The third-order valence-corrected chi connectivity index (χ3v) is 4.96. The van der Waals surface area contributed by atoms with Crippen LogP contribution in [0.1, 0.15) is 50.8 Å². The van der Waals surface area contributed by atoms with Crippen LogP contribution in [0.25, 0.3) is 0 Å². The van der Waals surface area contributed by atoms with Crippen molar-refractivity contribution >= 4 is 10.0 Å². The molecule has 19 heavy (non-hydrogen) atoms. The zero-order valence-electron chi connectivity index (χ0n) is 11.6. The molecular weight excluding hydrogens is 262 g/mol. The van der Waals surface area contributed by atoms with Crippen LogP contribution in [-0.4, -0.2) is 19.1 Å². The topological polar surface area (TPSA) is 66.4 Å². The molecule has 0 saturated carbocycles.